The predicted octanol–water partition coefficient (Wildman–Crippen LogP) is 4.11. The molecule has 1 N–H and O–H groups in total. The highest BCUT2D eigenvalue weighted by molar-refractivity contribution is 5.90. The molecule has 0 saturated heterocycles. The van der Waals surface area contributed by atoms with Crippen LogP contribution >= 0.6 is 0 Å². The summed E-state index contributed by atoms with van der Waals surface area (Å²) in [6.45, 7) is 1.99. The van der Waals surface area contributed by atoms with Crippen molar-refractivity contribution in [1.29, 1.82) is 0 Å². The lowest BCUT2D eigenvalue weighted by Crippen LogP contribution is -2.28. The molecule has 0 aliphatic rings. The highest BCUT2D eigenvalue weighted by Gasteiger charge is 2.31. The SMILES string of the molecule is COc1cn(-c2cccc(C(F)(F)F)c2)nc1C(=O)OCCNC(=O)CCc1ccc(C)cc1. The predicted molar refractivity (Wildman–Crippen MR) is 118 cm³/mol. The number of hydrogen-bond acceptors (Lipinski definition) is 5. The van der Waals surface area contributed by atoms with Crippen molar-refractivity contribution in [3.05, 3.63) is 77.1 Å². The van der Waals surface area contributed by atoms with Gasteiger partial charge in [0.15, 0.2) is 5.75 Å². The molecular formula is C24H24F3N3O4. The van der Waals surface area contributed by atoms with Crippen LogP contribution in [0.3, 0.4) is 0 Å². The van der Waals surface area contributed by atoms with Crippen LogP contribution in [0.25, 0.3) is 5.69 Å². The number of ether oxygens (including phenoxy) is 2. The Kier molecular flexibility index (Phi) is 7.93. The number of aryl methyl sites for hydroxylation is 2. The molecule has 1 heterocycles. The number of halogens is 3. The van der Waals surface area contributed by atoms with Gasteiger partial charge in [0.2, 0.25) is 11.6 Å². The molecule has 3 rings (SSSR count). The number of amides is 1. The molecule has 0 aliphatic carbocycles. The topological polar surface area (TPSA) is 82.5 Å². The van der Waals surface area contributed by atoms with Gasteiger partial charge >= 0.3 is 12.1 Å². The highest BCUT2D eigenvalue weighted by atomic mass is 19.4. The summed E-state index contributed by atoms with van der Waals surface area (Å²) in [5.41, 5.74) is 1.27. The van der Waals surface area contributed by atoms with E-state index in [0.717, 1.165) is 27.9 Å². The maximum atomic E-state index is 13.0. The third kappa shape index (κ3) is 6.60. The number of hydrogen-bond donors (Lipinski definition) is 1. The monoisotopic (exact) mass is 475 g/mol. The van der Waals surface area contributed by atoms with Gasteiger partial charge in [-0.05, 0) is 37.1 Å². The smallest absolute Gasteiger partial charge is 0.416 e. The summed E-state index contributed by atoms with van der Waals surface area (Å²) >= 11 is 0. The zero-order valence-electron chi connectivity index (χ0n) is 18.7. The van der Waals surface area contributed by atoms with E-state index in [1.165, 1.54) is 25.4 Å². The average Bonchev–Trinajstić information content (AvgIpc) is 3.26. The molecule has 0 aliphatic heterocycles. The normalized spacial score (nSPS) is 11.2. The second-order valence-electron chi connectivity index (χ2n) is 7.51. The number of carbonyl (C=O) groups excluding carboxylic acids is 2. The van der Waals surface area contributed by atoms with Crippen molar-refractivity contribution in [3.63, 3.8) is 0 Å². The summed E-state index contributed by atoms with van der Waals surface area (Å²) in [5, 5.41) is 6.69. The lowest BCUT2D eigenvalue weighted by Gasteiger charge is -2.08. The largest absolute Gasteiger partial charge is 0.493 e. The maximum absolute atomic E-state index is 13.0. The molecule has 0 bridgehead atoms. The zero-order valence-corrected chi connectivity index (χ0v) is 18.7. The minimum atomic E-state index is -4.51. The minimum Gasteiger partial charge on any atom is -0.493 e. The van der Waals surface area contributed by atoms with Crippen LogP contribution in [0, 0.1) is 6.92 Å². The zero-order chi connectivity index (χ0) is 24.7. The van der Waals surface area contributed by atoms with E-state index >= 15 is 0 Å². The van der Waals surface area contributed by atoms with Gasteiger partial charge in [-0.3, -0.25) is 4.79 Å². The highest BCUT2D eigenvalue weighted by Crippen LogP contribution is 2.30. The Morgan fingerprint density at radius 1 is 1.12 bits per heavy atom. The number of esters is 1. The number of methoxy groups -OCH3 is 1. The van der Waals surface area contributed by atoms with Crippen molar-refractivity contribution >= 4 is 11.9 Å². The minimum absolute atomic E-state index is 0.0459. The fourth-order valence-corrected chi connectivity index (χ4v) is 3.11. The summed E-state index contributed by atoms with van der Waals surface area (Å²) in [6, 6.07) is 12.4. The van der Waals surface area contributed by atoms with Crippen molar-refractivity contribution in [1.82, 2.24) is 15.1 Å². The molecule has 180 valence electrons. The van der Waals surface area contributed by atoms with Crippen molar-refractivity contribution in [3.8, 4) is 11.4 Å². The third-order valence-corrected chi connectivity index (χ3v) is 4.95. The first-order valence-electron chi connectivity index (χ1n) is 10.5. The number of rotatable bonds is 9. The number of nitrogens with zero attached hydrogens (tertiary/aromatic N) is 2. The Labute approximate surface area is 194 Å². The van der Waals surface area contributed by atoms with E-state index in [1.807, 2.05) is 31.2 Å². The number of nitrogens with one attached hydrogen (secondary N) is 1. The quantitative estimate of drug-likeness (QED) is 0.372. The van der Waals surface area contributed by atoms with Gasteiger partial charge in [-0.15, -0.1) is 0 Å². The molecule has 3 aromatic rings. The van der Waals surface area contributed by atoms with E-state index in [4.69, 9.17) is 9.47 Å². The van der Waals surface area contributed by atoms with E-state index in [0.29, 0.717) is 12.8 Å². The first-order valence-corrected chi connectivity index (χ1v) is 10.5. The van der Waals surface area contributed by atoms with Crippen LogP contribution in [-0.2, 0) is 22.1 Å². The van der Waals surface area contributed by atoms with Gasteiger partial charge in [-0.25, -0.2) is 9.48 Å². The van der Waals surface area contributed by atoms with Gasteiger partial charge in [-0.2, -0.15) is 18.3 Å². The molecule has 0 spiro atoms. The lowest BCUT2D eigenvalue weighted by molar-refractivity contribution is -0.137. The first kappa shape index (κ1) is 24.8. The number of aromatic nitrogens is 2. The van der Waals surface area contributed by atoms with Crippen LogP contribution < -0.4 is 10.1 Å². The Morgan fingerprint density at radius 3 is 2.53 bits per heavy atom. The molecule has 34 heavy (non-hydrogen) atoms. The molecule has 0 saturated carbocycles. The molecule has 10 heteroatoms. The van der Waals surface area contributed by atoms with Crippen molar-refractivity contribution in [2.45, 2.75) is 25.9 Å². The van der Waals surface area contributed by atoms with E-state index in [2.05, 4.69) is 10.4 Å². The Morgan fingerprint density at radius 2 is 1.85 bits per heavy atom. The number of alkyl halides is 3. The Bertz CT molecular complexity index is 1140. The van der Waals surface area contributed by atoms with Crippen LogP contribution in [0.4, 0.5) is 13.2 Å². The van der Waals surface area contributed by atoms with Crippen molar-refractivity contribution in [2.75, 3.05) is 20.3 Å². The first-order chi connectivity index (χ1) is 16.2. The second kappa shape index (κ2) is 10.9. The van der Waals surface area contributed by atoms with E-state index in [1.54, 1.807) is 0 Å². The summed E-state index contributed by atoms with van der Waals surface area (Å²) in [4.78, 5) is 24.4. The second-order valence-corrected chi connectivity index (χ2v) is 7.51. The van der Waals surface area contributed by atoms with Crippen molar-refractivity contribution < 1.29 is 32.2 Å². The van der Waals surface area contributed by atoms with Crippen LogP contribution in [-0.4, -0.2) is 41.9 Å². The van der Waals surface area contributed by atoms with Gasteiger partial charge in [0.05, 0.1) is 31.1 Å². The molecule has 0 atom stereocenters. The summed E-state index contributed by atoms with van der Waals surface area (Å²) in [5.74, 6) is -0.955. The van der Waals surface area contributed by atoms with Crippen LogP contribution in [0.1, 0.15) is 33.6 Å². The molecule has 7 nitrogen and oxygen atoms in total. The molecule has 1 amide bonds. The molecule has 0 fully saturated rings. The standard InChI is InChI=1S/C24H24F3N3O4/c1-16-6-8-17(9-7-16)10-11-21(31)28-12-13-34-23(32)22-20(33-2)15-30(29-22)19-5-3-4-18(14-19)24(25,26)27/h3-9,14-15H,10-13H2,1-2H3,(H,28,31). The van der Waals surface area contributed by atoms with Crippen LogP contribution in [0.5, 0.6) is 5.75 Å². The summed E-state index contributed by atoms with van der Waals surface area (Å²) in [7, 11) is 1.30. The summed E-state index contributed by atoms with van der Waals surface area (Å²) < 4.78 is 50.3. The maximum Gasteiger partial charge on any atom is 0.416 e. The Balaban J connectivity index is 1.52. The van der Waals surface area contributed by atoms with Gasteiger partial charge < -0.3 is 14.8 Å². The average molecular weight is 475 g/mol. The van der Waals surface area contributed by atoms with E-state index in [-0.39, 0.29) is 36.2 Å². The molecular weight excluding hydrogens is 451 g/mol. The molecule has 0 radical (unpaired) electrons. The van der Waals surface area contributed by atoms with Gasteiger partial charge in [0, 0.05) is 6.42 Å². The Hall–Kier alpha value is -3.82. The van der Waals surface area contributed by atoms with Crippen molar-refractivity contribution in [2.24, 2.45) is 0 Å². The molecule has 0 unspecified atom stereocenters. The van der Waals surface area contributed by atoms with E-state index in [9.17, 15) is 22.8 Å². The fourth-order valence-electron chi connectivity index (χ4n) is 3.11. The molecule has 2 aromatic carbocycles. The number of benzene rings is 2. The third-order valence-electron chi connectivity index (χ3n) is 4.95. The lowest BCUT2D eigenvalue weighted by atomic mass is 10.1. The van der Waals surface area contributed by atoms with Crippen LogP contribution in [0.2, 0.25) is 0 Å². The van der Waals surface area contributed by atoms with E-state index < -0.39 is 17.7 Å². The fraction of sp³-hybridized carbons (Fsp3) is 0.292. The van der Waals surface area contributed by atoms with Crippen LogP contribution in [0.15, 0.2) is 54.7 Å². The summed E-state index contributed by atoms with van der Waals surface area (Å²) in [6.07, 6.45) is -2.33. The van der Waals surface area contributed by atoms with Gasteiger partial charge in [-0.1, -0.05) is 35.9 Å². The van der Waals surface area contributed by atoms with Gasteiger partial charge in [0.25, 0.3) is 0 Å². The molecule has 1 aromatic heterocycles. The number of carbonyl (C=O) groups is 2. The van der Waals surface area contributed by atoms with Gasteiger partial charge in [0.1, 0.15) is 6.61 Å².